The summed E-state index contributed by atoms with van der Waals surface area (Å²) < 4.78 is 26.7. The topological polar surface area (TPSA) is 26.0 Å². The van der Waals surface area contributed by atoms with Crippen molar-refractivity contribution in [1.82, 2.24) is 0 Å². The monoisotopic (exact) mass is 233 g/mol. The lowest BCUT2D eigenvalue weighted by molar-refractivity contribution is -0.00184. The van der Waals surface area contributed by atoms with Gasteiger partial charge in [0.2, 0.25) is 0 Å². The van der Waals surface area contributed by atoms with Crippen molar-refractivity contribution in [3.05, 3.63) is 34.9 Å². The summed E-state index contributed by atoms with van der Waals surface area (Å²) in [6, 6.07) is 4.84. The maximum Gasteiger partial charge on any atom is 0.273 e. The first-order chi connectivity index (χ1) is 6.52. The molecule has 0 aliphatic heterocycles. The summed E-state index contributed by atoms with van der Waals surface area (Å²) in [7, 11) is 0. The van der Waals surface area contributed by atoms with E-state index < -0.39 is 5.92 Å². The highest BCUT2D eigenvalue weighted by Gasteiger charge is 2.39. The molecule has 1 aliphatic carbocycles. The van der Waals surface area contributed by atoms with Gasteiger partial charge in [-0.05, 0) is 24.5 Å². The fourth-order valence-electron chi connectivity index (χ4n) is 2.07. The van der Waals surface area contributed by atoms with Crippen LogP contribution in [0, 0.1) is 0 Å². The molecule has 2 N–H and O–H groups in total. The Labute approximate surface area is 94.1 Å². The predicted molar refractivity (Wildman–Crippen MR) is 58.5 cm³/mol. The SMILES string of the molecule is C[C@H](N)c1cccc2c1CCC2(F)F.Cl. The first kappa shape index (κ1) is 12.4. The third-order valence-electron chi connectivity index (χ3n) is 2.79. The molecule has 84 valence electrons. The molecule has 0 aromatic heterocycles. The average Bonchev–Trinajstić information content (AvgIpc) is 2.42. The van der Waals surface area contributed by atoms with Gasteiger partial charge in [-0.25, -0.2) is 8.78 Å². The molecular weight excluding hydrogens is 220 g/mol. The van der Waals surface area contributed by atoms with Crippen LogP contribution in [0.1, 0.15) is 36.1 Å². The Bertz CT molecular complexity index is 364. The van der Waals surface area contributed by atoms with Crippen LogP contribution in [-0.4, -0.2) is 0 Å². The fraction of sp³-hybridized carbons (Fsp3) is 0.455. The molecule has 0 bridgehead atoms. The Kier molecular flexibility index (Phi) is 3.36. The number of nitrogens with two attached hydrogens (primary N) is 1. The van der Waals surface area contributed by atoms with Gasteiger partial charge in [0.15, 0.2) is 0 Å². The first-order valence-electron chi connectivity index (χ1n) is 4.78. The summed E-state index contributed by atoms with van der Waals surface area (Å²) in [4.78, 5) is 0. The van der Waals surface area contributed by atoms with Gasteiger partial charge in [-0.15, -0.1) is 12.4 Å². The molecule has 15 heavy (non-hydrogen) atoms. The molecule has 0 saturated carbocycles. The van der Waals surface area contributed by atoms with Crippen molar-refractivity contribution in [1.29, 1.82) is 0 Å². The summed E-state index contributed by atoms with van der Waals surface area (Å²) >= 11 is 0. The van der Waals surface area contributed by atoms with Crippen LogP contribution >= 0.6 is 12.4 Å². The van der Waals surface area contributed by atoms with Crippen LogP contribution in [-0.2, 0) is 12.3 Å². The van der Waals surface area contributed by atoms with Gasteiger partial charge in [-0.2, -0.15) is 0 Å². The second-order valence-electron chi connectivity index (χ2n) is 3.87. The zero-order valence-corrected chi connectivity index (χ0v) is 9.28. The number of rotatable bonds is 1. The van der Waals surface area contributed by atoms with E-state index in [4.69, 9.17) is 5.73 Å². The van der Waals surface area contributed by atoms with Crippen molar-refractivity contribution in [2.45, 2.75) is 31.7 Å². The Hall–Kier alpha value is -0.670. The first-order valence-corrected chi connectivity index (χ1v) is 4.78. The molecule has 0 saturated heterocycles. The van der Waals surface area contributed by atoms with Crippen LogP contribution in [0.15, 0.2) is 18.2 Å². The normalized spacial score (nSPS) is 19.2. The maximum atomic E-state index is 13.3. The molecule has 0 radical (unpaired) electrons. The van der Waals surface area contributed by atoms with Crippen molar-refractivity contribution in [3.63, 3.8) is 0 Å². The third-order valence-corrected chi connectivity index (χ3v) is 2.79. The lowest BCUT2D eigenvalue weighted by atomic mass is 9.98. The highest BCUT2D eigenvalue weighted by molar-refractivity contribution is 5.85. The van der Waals surface area contributed by atoms with Crippen LogP contribution in [0.3, 0.4) is 0 Å². The van der Waals surface area contributed by atoms with Gasteiger partial charge in [0, 0.05) is 18.0 Å². The molecule has 0 spiro atoms. The van der Waals surface area contributed by atoms with Crippen molar-refractivity contribution in [2.75, 3.05) is 0 Å². The van der Waals surface area contributed by atoms with Crippen molar-refractivity contribution < 1.29 is 8.78 Å². The molecule has 1 nitrogen and oxygen atoms in total. The number of alkyl halides is 2. The van der Waals surface area contributed by atoms with Crippen molar-refractivity contribution in [2.24, 2.45) is 5.73 Å². The zero-order chi connectivity index (χ0) is 10.3. The summed E-state index contributed by atoms with van der Waals surface area (Å²) in [5, 5.41) is 0. The summed E-state index contributed by atoms with van der Waals surface area (Å²) in [5.41, 5.74) is 7.52. The molecule has 0 unspecified atom stereocenters. The van der Waals surface area contributed by atoms with E-state index in [2.05, 4.69) is 0 Å². The van der Waals surface area contributed by atoms with Crippen LogP contribution in [0.4, 0.5) is 8.78 Å². The van der Waals surface area contributed by atoms with Gasteiger partial charge in [0.05, 0.1) is 0 Å². The van der Waals surface area contributed by atoms with E-state index in [9.17, 15) is 8.78 Å². The molecule has 1 atom stereocenters. The van der Waals surface area contributed by atoms with Gasteiger partial charge >= 0.3 is 0 Å². The molecular formula is C11H14ClF2N. The quantitative estimate of drug-likeness (QED) is 0.792. The highest BCUT2D eigenvalue weighted by Crippen LogP contribution is 2.43. The molecule has 1 aromatic carbocycles. The number of hydrogen-bond acceptors (Lipinski definition) is 1. The van der Waals surface area contributed by atoms with E-state index >= 15 is 0 Å². The minimum absolute atomic E-state index is 0. The van der Waals surface area contributed by atoms with Crippen LogP contribution in [0.25, 0.3) is 0 Å². The van der Waals surface area contributed by atoms with Gasteiger partial charge in [0.1, 0.15) is 0 Å². The van der Waals surface area contributed by atoms with E-state index in [1.54, 1.807) is 6.07 Å². The summed E-state index contributed by atoms with van der Waals surface area (Å²) in [6.07, 6.45) is 0.367. The smallest absolute Gasteiger partial charge is 0.273 e. The molecule has 4 heteroatoms. The Balaban J connectivity index is 0.00000112. The zero-order valence-electron chi connectivity index (χ0n) is 8.47. The van der Waals surface area contributed by atoms with Gasteiger partial charge in [-0.3, -0.25) is 0 Å². The Morgan fingerprint density at radius 2 is 2.07 bits per heavy atom. The van der Waals surface area contributed by atoms with Gasteiger partial charge in [-0.1, -0.05) is 18.2 Å². The summed E-state index contributed by atoms with van der Waals surface area (Å²) in [5.74, 6) is -2.65. The number of hydrogen-bond donors (Lipinski definition) is 1. The van der Waals surface area contributed by atoms with E-state index in [1.165, 1.54) is 6.07 Å². The largest absolute Gasteiger partial charge is 0.324 e. The van der Waals surface area contributed by atoms with Crippen LogP contribution in [0.2, 0.25) is 0 Å². The van der Waals surface area contributed by atoms with E-state index in [0.717, 1.165) is 11.1 Å². The standard InChI is InChI=1S/C11H13F2N.ClH/c1-7(14)8-3-2-4-10-9(8)5-6-11(10,12)13;/h2-4,7H,5-6,14H2,1H3;1H/t7-;/m0./s1. The molecule has 0 amide bonds. The molecule has 0 fully saturated rings. The van der Waals surface area contributed by atoms with Crippen LogP contribution in [0.5, 0.6) is 0 Å². The second-order valence-corrected chi connectivity index (χ2v) is 3.87. The van der Waals surface area contributed by atoms with E-state index in [0.29, 0.717) is 6.42 Å². The van der Waals surface area contributed by atoms with Gasteiger partial charge < -0.3 is 5.73 Å². The lowest BCUT2D eigenvalue weighted by Gasteiger charge is -2.13. The van der Waals surface area contributed by atoms with E-state index in [-0.39, 0.29) is 30.4 Å². The Morgan fingerprint density at radius 3 is 2.67 bits per heavy atom. The minimum Gasteiger partial charge on any atom is -0.324 e. The Morgan fingerprint density at radius 1 is 1.40 bits per heavy atom. The molecule has 1 aromatic rings. The molecule has 2 rings (SSSR count). The van der Waals surface area contributed by atoms with Gasteiger partial charge in [0.25, 0.3) is 5.92 Å². The molecule has 1 aliphatic rings. The predicted octanol–water partition coefficient (Wildman–Crippen LogP) is 3.17. The fourth-order valence-corrected chi connectivity index (χ4v) is 2.07. The van der Waals surface area contributed by atoms with Crippen LogP contribution < -0.4 is 5.73 Å². The lowest BCUT2D eigenvalue weighted by Crippen LogP contribution is -2.10. The molecule has 0 heterocycles. The average molecular weight is 234 g/mol. The number of halogens is 3. The highest BCUT2D eigenvalue weighted by atomic mass is 35.5. The minimum atomic E-state index is -2.65. The summed E-state index contributed by atoms with van der Waals surface area (Å²) in [6.45, 7) is 1.83. The second kappa shape index (κ2) is 4.06. The van der Waals surface area contributed by atoms with Crippen molar-refractivity contribution >= 4 is 12.4 Å². The van der Waals surface area contributed by atoms with E-state index in [1.807, 2.05) is 13.0 Å². The maximum absolute atomic E-state index is 13.3. The number of fused-ring (bicyclic) bond motifs is 1. The number of benzene rings is 1. The van der Waals surface area contributed by atoms with Crippen molar-refractivity contribution in [3.8, 4) is 0 Å². The third kappa shape index (κ3) is 1.99.